The monoisotopic (exact) mass is 493 g/mol. The van der Waals surface area contributed by atoms with Gasteiger partial charge in [-0.3, -0.25) is 14.4 Å². The molecule has 0 radical (unpaired) electrons. The first-order chi connectivity index (χ1) is 16.1. The van der Waals surface area contributed by atoms with Crippen LogP contribution in [-0.4, -0.2) is 47.2 Å². The second-order valence-corrected chi connectivity index (χ2v) is 9.08. The Morgan fingerprint density at radius 3 is 2.44 bits per heavy atom. The van der Waals surface area contributed by atoms with Crippen LogP contribution >= 0.6 is 11.8 Å². The fraction of sp³-hybridized carbons (Fsp3) is 0.375. The molecule has 10 heteroatoms. The van der Waals surface area contributed by atoms with E-state index < -0.39 is 23.7 Å². The van der Waals surface area contributed by atoms with Gasteiger partial charge in [0.1, 0.15) is 0 Å². The molecule has 1 aliphatic heterocycles. The zero-order valence-corrected chi connectivity index (χ0v) is 19.5. The molecular weight excluding hydrogens is 467 g/mol. The average Bonchev–Trinajstić information content (AvgIpc) is 3.19. The minimum atomic E-state index is -4.52. The van der Waals surface area contributed by atoms with Crippen LogP contribution in [0, 0.1) is 6.92 Å². The number of amides is 3. The molecule has 1 saturated heterocycles. The van der Waals surface area contributed by atoms with Gasteiger partial charge >= 0.3 is 6.18 Å². The third-order valence-electron chi connectivity index (χ3n) is 5.33. The number of carbonyl (C=O) groups is 3. The van der Waals surface area contributed by atoms with Crippen molar-refractivity contribution in [3.63, 3.8) is 0 Å². The third-order valence-corrected chi connectivity index (χ3v) is 6.26. The second kappa shape index (κ2) is 11.4. The van der Waals surface area contributed by atoms with Crippen LogP contribution in [0.4, 0.5) is 18.9 Å². The van der Waals surface area contributed by atoms with Crippen molar-refractivity contribution in [1.82, 2.24) is 10.2 Å². The topological polar surface area (TPSA) is 78.5 Å². The summed E-state index contributed by atoms with van der Waals surface area (Å²) in [5.74, 6) is -0.792. The lowest BCUT2D eigenvalue weighted by molar-refractivity contribution is -0.137. The van der Waals surface area contributed by atoms with Gasteiger partial charge in [-0.1, -0.05) is 29.8 Å². The summed E-state index contributed by atoms with van der Waals surface area (Å²) in [6, 6.07) is 11.3. The summed E-state index contributed by atoms with van der Waals surface area (Å²) in [6.45, 7) is 2.52. The number of nitrogens with zero attached hydrogens (tertiary/aromatic N) is 1. The highest BCUT2D eigenvalue weighted by Gasteiger charge is 2.32. The van der Waals surface area contributed by atoms with Crippen molar-refractivity contribution in [1.29, 1.82) is 0 Å². The summed E-state index contributed by atoms with van der Waals surface area (Å²) in [4.78, 5) is 38.3. The number of halogens is 3. The summed E-state index contributed by atoms with van der Waals surface area (Å²) >= 11 is 1.10. The van der Waals surface area contributed by atoms with Gasteiger partial charge in [0.25, 0.3) is 0 Å². The summed E-state index contributed by atoms with van der Waals surface area (Å²) < 4.78 is 39.6. The van der Waals surface area contributed by atoms with Gasteiger partial charge in [0.2, 0.25) is 17.7 Å². The van der Waals surface area contributed by atoms with E-state index in [1.54, 1.807) is 17.0 Å². The van der Waals surface area contributed by atoms with E-state index >= 15 is 0 Å². The van der Waals surface area contributed by atoms with Gasteiger partial charge in [-0.15, -0.1) is 11.8 Å². The first kappa shape index (κ1) is 25.6. The standard InChI is InChI=1S/C24H26F3N3O3S/c1-16-7-9-19(10-8-16)28-21(31)14-34-15-22(32)29-20(13-30-11-3-6-23(30)33)17-4-2-5-18(12-17)24(25,26)27/h2,4-5,7-10,12,20H,3,6,11,13-15H2,1H3,(H,28,31)(H,29,32). The van der Waals surface area contributed by atoms with E-state index in [-0.39, 0.29) is 35.4 Å². The van der Waals surface area contributed by atoms with Gasteiger partial charge in [-0.25, -0.2) is 0 Å². The Bertz CT molecular complexity index is 1030. The highest BCUT2D eigenvalue weighted by Crippen LogP contribution is 2.31. The van der Waals surface area contributed by atoms with Crippen LogP contribution in [0.5, 0.6) is 0 Å². The number of thioether (sulfide) groups is 1. The predicted octanol–water partition coefficient (Wildman–Crippen LogP) is 4.17. The Morgan fingerprint density at radius 2 is 1.79 bits per heavy atom. The number of anilines is 1. The largest absolute Gasteiger partial charge is 0.416 e. The van der Waals surface area contributed by atoms with Crippen molar-refractivity contribution in [2.45, 2.75) is 32.0 Å². The molecule has 6 nitrogen and oxygen atoms in total. The lowest BCUT2D eigenvalue weighted by Crippen LogP contribution is -2.39. The van der Waals surface area contributed by atoms with Crippen molar-refractivity contribution in [3.8, 4) is 0 Å². The number of alkyl halides is 3. The summed E-state index contributed by atoms with van der Waals surface area (Å²) in [5.41, 5.74) is 1.17. The van der Waals surface area contributed by atoms with Crippen LogP contribution in [0.3, 0.4) is 0 Å². The molecule has 0 aromatic heterocycles. The molecule has 2 aromatic rings. The van der Waals surface area contributed by atoms with Crippen molar-refractivity contribution < 1.29 is 27.6 Å². The van der Waals surface area contributed by atoms with Crippen LogP contribution in [0.2, 0.25) is 0 Å². The minimum absolute atomic E-state index is 0.0418. The summed E-state index contributed by atoms with van der Waals surface area (Å²) in [5, 5.41) is 5.48. The van der Waals surface area contributed by atoms with Gasteiger partial charge in [0.15, 0.2) is 0 Å². The number of rotatable bonds is 9. The van der Waals surface area contributed by atoms with E-state index in [1.807, 2.05) is 19.1 Å². The number of aryl methyl sites for hydroxylation is 1. The molecule has 2 aromatic carbocycles. The molecule has 0 saturated carbocycles. The zero-order valence-electron chi connectivity index (χ0n) is 18.7. The van der Waals surface area contributed by atoms with Crippen LogP contribution in [0.25, 0.3) is 0 Å². The average molecular weight is 494 g/mol. The fourth-order valence-corrected chi connectivity index (χ4v) is 4.22. The fourth-order valence-electron chi connectivity index (χ4n) is 3.59. The number of hydrogen-bond donors (Lipinski definition) is 2. The van der Waals surface area contributed by atoms with Gasteiger partial charge in [-0.05, 0) is 43.2 Å². The van der Waals surface area contributed by atoms with Gasteiger partial charge in [0.05, 0.1) is 23.1 Å². The Balaban J connectivity index is 1.59. The lowest BCUT2D eigenvalue weighted by Gasteiger charge is -2.25. The van der Waals surface area contributed by atoms with Crippen molar-refractivity contribution in [2.75, 3.05) is 29.9 Å². The molecule has 34 heavy (non-hydrogen) atoms. The predicted molar refractivity (Wildman–Crippen MR) is 125 cm³/mol. The van der Waals surface area contributed by atoms with Crippen molar-refractivity contribution >= 4 is 35.2 Å². The van der Waals surface area contributed by atoms with E-state index in [2.05, 4.69) is 10.6 Å². The van der Waals surface area contributed by atoms with E-state index in [4.69, 9.17) is 0 Å². The van der Waals surface area contributed by atoms with E-state index in [0.717, 1.165) is 29.5 Å². The second-order valence-electron chi connectivity index (χ2n) is 8.09. The molecule has 3 rings (SSSR count). The number of carbonyl (C=O) groups excluding carboxylic acids is 3. The van der Waals surface area contributed by atoms with Gasteiger partial charge in [-0.2, -0.15) is 13.2 Å². The lowest BCUT2D eigenvalue weighted by atomic mass is 10.0. The SMILES string of the molecule is Cc1ccc(NC(=O)CSCC(=O)NC(CN2CCCC2=O)c2cccc(C(F)(F)F)c2)cc1. The maximum atomic E-state index is 13.2. The molecule has 1 heterocycles. The van der Waals surface area contributed by atoms with E-state index in [0.29, 0.717) is 25.1 Å². The molecule has 1 fully saturated rings. The molecule has 2 N–H and O–H groups in total. The molecule has 1 aliphatic rings. The smallest absolute Gasteiger partial charge is 0.347 e. The number of hydrogen-bond acceptors (Lipinski definition) is 4. The van der Waals surface area contributed by atoms with Crippen LogP contribution in [-0.2, 0) is 20.6 Å². The van der Waals surface area contributed by atoms with Crippen LogP contribution in [0.15, 0.2) is 48.5 Å². The highest BCUT2D eigenvalue weighted by atomic mass is 32.2. The molecular formula is C24H26F3N3O3S. The van der Waals surface area contributed by atoms with Crippen LogP contribution in [0.1, 0.15) is 35.6 Å². The number of likely N-dealkylation sites (tertiary alicyclic amines) is 1. The Labute approximate surface area is 200 Å². The maximum Gasteiger partial charge on any atom is 0.416 e. The first-order valence-electron chi connectivity index (χ1n) is 10.8. The van der Waals surface area contributed by atoms with Crippen molar-refractivity contribution in [2.24, 2.45) is 0 Å². The molecule has 0 aliphatic carbocycles. The molecule has 3 amide bonds. The maximum absolute atomic E-state index is 13.2. The highest BCUT2D eigenvalue weighted by molar-refractivity contribution is 8.00. The van der Waals surface area contributed by atoms with E-state index in [1.165, 1.54) is 12.1 Å². The Morgan fingerprint density at radius 1 is 1.09 bits per heavy atom. The molecule has 1 unspecified atom stereocenters. The third kappa shape index (κ3) is 7.51. The van der Waals surface area contributed by atoms with Crippen LogP contribution < -0.4 is 10.6 Å². The zero-order chi connectivity index (χ0) is 24.7. The molecule has 0 bridgehead atoms. The summed E-state index contributed by atoms with van der Waals surface area (Å²) in [7, 11) is 0. The number of benzene rings is 2. The molecule has 182 valence electrons. The van der Waals surface area contributed by atoms with Gasteiger partial charge < -0.3 is 15.5 Å². The van der Waals surface area contributed by atoms with Gasteiger partial charge in [0, 0.05) is 25.2 Å². The number of nitrogens with one attached hydrogen (secondary N) is 2. The van der Waals surface area contributed by atoms with Crippen molar-refractivity contribution in [3.05, 3.63) is 65.2 Å². The Hall–Kier alpha value is -3.01. The first-order valence-corrected chi connectivity index (χ1v) is 12.0. The quantitative estimate of drug-likeness (QED) is 0.550. The molecule has 1 atom stereocenters. The molecule has 0 spiro atoms. The summed E-state index contributed by atoms with van der Waals surface area (Å²) in [6.07, 6.45) is -3.46. The normalized spacial score (nSPS) is 14.7. The van der Waals surface area contributed by atoms with E-state index in [9.17, 15) is 27.6 Å². The Kier molecular flexibility index (Phi) is 8.60. The minimum Gasteiger partial charge on any atom is -0.347 e.